The van der Waals surface area contributed by atoms with E-state index >= 15 is 0 Å². The van der Waals surface area contributed by atoms with E-state index in [1.807, 2.05) is 30.3 Å². The molecule has 130 valence electrons. The van der Waals surface area contributed by atoms with Crippen LogP contribution in [0.15, 0.2) is 30.3 Å². The smallest absolute Gasteiger partial charge is 0.330 e. The van der Waals surface area contributed by atoms with Crippen molar-refractivity contribution >= 4 is 46.0 Å². The van der Waals surface area contributed by atoms with E-state index in [-0.39, 0.29) is 25.7 Å². The van der Waals surface area contributed by atoms with Crippen molar-refractivity contribution in [2.45, 2.75) is 37.5 Å². The number of benzene rings is 1. The summed E-state index contributed by atoms with van der Waals surface area (Å²) in [5.41, 5.74) is 0.841. The molecule has 1 aliphatic heterocycles. The van der Waals surface area contributed by atoms with Crippen LogP contribution in [0.3, 0.4) is 0 Å². The number of amides is 2. The molecule has 1 aromatic carbocycles. The predicted octanol–water partition coefficient (Wildman–Crippen LogP) is 3.12. The molecule has 0 aliphatic carbocycles. The predicted molar refractivity (Wildman–Crippen MR) is 97.2 cm³/mol. The molecule has 1 saturated heterocycles. The van der Waals surface area contributed by atoms with Gasteiger partial charge in [0.1, 0.15) is 0 Å². The number of hydrogen-bond donors (Lipinski definition) is 0. The maximum absolute atomic E-state index is 11.9. The van der Waals surface area contributed by atoms with E-state index in [0.29, 0.717) is 9.26 Å². The maximum Gasteiger partial charge on any atom is 0.333 e. The Bertz CT molecular complexity index is 729. The summed E-state index contributed by atoms with van der Waals surface area (Å²) < 4.78 is 0.567. The van der Waals surface area contributed by atoms with Gasteiger partial charge in [-0.25, -0.2) is 11.4 Å². The fraction of sp³-hybridized carbons (Fsp3) is 0.353. The van der Waals surface area contributed by atoms with Crippen LogP contribution in [0.1, 0.15) is 38.2 Å². The van der Waals surface area contributed by atoms with Gasteiger partial charge in [-0.05, 0) is 17.3 Å². The first-order chi connectivity index (χ1) is 11.8. The summed E-state index contributed by atoms with van der Waals surface area (Å²) in [6.07, 6.45) is 0.184. The quantitative estimate of drug-likeness (QED) is 0.432. The second-order valence-electron chi connectivity index (χ2n) is 5.59. The van der Waals surface area contributed by atoms with Crippen molar-refractivity contribution in [3.8, 4) is 0 Å². The van der Waals surface area contributed by atoms with E-state index in [1.165, 1.54) is 11.8 Å². The zero-order chi connectivity index (χ0) is 18.4. The van der Waals surface area contributed by atoms with E-state index < -0.39 is 22.7 Å². The molecule has 1 heterocycles. The summed E-state index contributed by atoms with van der Waals surface area (Å²) in [6, 6.07) is 9.32. The van der Waals surface area contributed by atoms with Gasteiger partial charge in [0, 0.05) is 26.2 Å². The number of imide groups is 1. The minimum absolute atomic E-state index is 0.0487. The lowest BCUT2D eigenvalue weighted by atomic mass is 10.2. The van der Waals surface area contributed by atoms with Crippen LogP contribution in [-0.2, 0) is 19.2 Å². The van der Waals surface area contributed by atoms with Crippen LogP contribution >= 0.6 is 24.0 Å². The van der Waals surface area contributed by atoms with Crippen LogP contribution in [0.2, 0.25) is 0 Å². The van der Waals surface area contributed by atoms with Gasteiger partial charge in [0.2, 0.25) is 0 Å². The summed E-state index contributed by atoms with van der Waals surface area (Å²) >= 11 is 6.58. The molecule has 1 unspecified atom stereocenters. The van der Waals surface area contributed by atoms with Gasteiger partial charge in [-0.3, -0.25) is 14.4 Å². The number of carbonyl (C=O) groups excluding carboxylic acids is 3. The van der Waals surface area contributed by atoms with Gasteiger partial charge in [-0.1, -0.05) is 42.5 Å². The maximum atomic E-state index is 11.9. The number of hydroxylamine groups is 2. The van der Waals surface area contributed by atoms with Gasteiger partial charge in [-0.2, -0.15) is 0 Å². The molecule has 1 fully saturated rings. The Morgan fingerprint density at radius 3 is 2.48 bits per heavy atom. The van der Waals surface area contributed by atoms with Crippen molar-refractivity contribution in [1.29, 1.82) is 0 Å². The lowest BCUT2D eigenvalue weighted by Gasteiger charge is -2.17. The molecule has 0 radical (unpaired) electrons. The second-order valence-corrected chi connectivity index (χ2v) is 7.75. The highest BCUT2D eigenvalue weighted by molar-refractivity contribution is 8.24. The third-order valence-electron chi connectivity index (χ3n) is 3.55. The van der Waals surface area contributed by atoms with Crippen LogP contribution < -0.4 is 0 Å². The summed E-state index contributed by atoms with van der Waals surface area (Å²) in [6.45, 7) is 9.11. The summed E-state index contributed by atoms with van der Waals surface area (Å²) in [7, 11) is 0. The Labute approximate surface area is 155 Å². The normalized spacial score (nSPS) is 16.2. The number of hydrogen-bond acceptors (Lipinski definition) is 6. The molecule has 2 rings (SSSR count). The van der Waals surface area contributed by atoms with E-state index in [9.17, 15) is 14.4 Å². The number of nitrogens with zero attached hydrogens (tertiary/aromatic N) is 2. The Hall–Kier alpha value is -2.24. The molecule has 0 saturated carbocycles. The number of thiocarbonyl (C=S) groups is 1. The molecule has 8 heteroatoms. The van der Waals surface area contributed by atoms with Gasteiger partial charge in [-0.15, -0.1) is 5.06 Å². The lowest BCUT2D eigenvalue weighted by molar-refractivity contribution is -0.197. The standard InChI is InChI=1S/C17H16N2O4S2/c1-17(18-2,25-16(24)12-6-4-3-5-7-12)11-10-15(22)23-19-13(20)8-9-14(19)21/h3-7H,8-11H2,1H3. The Kier molecular flexibility index (Phi) is 6.28. The number of rotatable bonds is 6. The van der Waals surface area contributed by atoms with Crippen LogP contribution in [-0.4, -0.2) is 31.9 Å². The molecule has 6 nitrogen and oxygen atoms in total. The summed E-state index contributed by atoms with van der Waals surface area (Å²) in [5, 5.41) is 0.513. The molecular formula is C17H16N2O4S2. The summed E-state index contributed by atoms with van der Waals surface area (Å²) in [5.74, 6) is -1.76. The molecular weight excluding hydrogens is 360 g/mol. The largest absolute Gasteiger partial charge is 0.333 e. The van der Waals surface area contributed by atoms with Crippen molar-refractivity contribution in [3.05, 3.63) is 47.3 Å². The molecule has 0 bridgehead atoms. The monoisotopic (exact) mass is 376 g/mol. The summed E-state index contributed by atoms with van der Waals surface area (Å²) in [4.78, 5) is 42.2. The van der Waals surface area contributed by atoms with Crippen LogP contribution in [0, 0.1) is 6.57 Å². The highest BCUT2D eigenvalue weighted by Crippen LogP contribution is 2.35. The van der Waals surface area contributed by atoms with Crippen LogP contribution in [0.25, 0.3) is 4.85 Å². The van der Waals surface area contributed by atoms with Gasteiger partial charge in [0.05, 0.1) is 10.6 Å². The van der Waals surface area contributed by atoms with Crippen molar-refractivity contribution in [2.24, 2.45) is 0 Å². The van der Waals surface area contributed by atoms with Crippen LogP contribution in [0.5, 0.6) is 0 Å². The Balaban J connectivity index is 1.91. The number of thioether (sulfide) groups is 1. The van der Waals surface area contributed by atoms with Crippen molar-refractivity contribution in [3.63, 3.8) is 0 Å². The molecule has 25 heavy (non-hydrogen) atoms. The fourth-order valence-electron chi connectivity index (χ4n) is 2.10. The average molecular weight is 376 g/mol. The van der Waals surface area contributed by atoms with E-state index in [0.717, 1.165) is 5.56 Å². The molecule has 0 N–H and O–H groups in total. The molecule has 1 atom stereocenters. The minimum atomic E-state index is -0.940. The molecule has 1 aromatic rings. The Morgan fingerprint density at radius 1 is 1.32 bits per heavy atom. The number of carbonyl (C=O) groups is 3. The molecule has 0 aromatic heterocycles. The first-order valence-corrected chi connectivity index (χ1v) is 8.81. The SMILES string of the molecule is [C-]#[N+]C(C)(CCC(=O)ON1C(=O)CCC1=O)SC(=S)c1ccccc1. The zero-order valence-corrected chi connectivity index (χ0v) is 15.2. The van der Waals surface area contributed by atoms with Crippen molar-refractivity contribution in [2.75, 3.05) is 0 Å². The van der Waals surface area contributed by atoms with Crippen molar-refractivity contribution < 1.29 is 19.2 Å². The molecule has 2 amide bonds. The highest BCUT2D eigenvalue weighted by Gasteiger charge is 2.36. The van der Waals surface area contributed by atoms with E-state index in [1.54, 1.807) is 6.92 Å². The Morgan fingerprint density at radius 2 is 1.92 bits per heavy atom. The molecule has 0 spiro atoms. The van der Waals surface area contributed by atoms with Crippen molar-refractivity contribution in [1.82, 2.24) is 5.06 Å². The third-order valence-corrected chi connectivity index (χ3v) is 5.19. The second kappa shape index (κ2) is 8.23. The zero-order valence-electron chi connectivity index (χ0n) is 13.6. The van der Waals surface area contributed by atoms with Gasteiger partial charge in [0.15, 0.2) is 0 Å². The molecule has 1 aliphatic rings. The lowest BCUT2D eigenvalue weighted by Crippen LogP contribution is -2.32. The first kappa shape index (κ1) is 19.1. The van der Waals surface area contributed by atoms with E-state index in [4.69, 9.17) is 23.6 Å². The fourth-order valence-corrected chi connectivity index (χ4v) is 3.68. The minimum Gasteiger partial charge on any atom is -0.330 e. The van der Waals surface area contributed by atoms with Gasteiger partial charge in [0.25, 0.3) is 16.7 Å². The topological polar surface area (TPSA) is 68.0 Å². The average Bonchev–Trinajstić information content (AvgIpc) is 2.92. The third kappa shape index (κ3) is 5.11. The first-order valence-electron chi connectivity index (χ1n) is 7.58. The van der Waals surface area contributed by atoms with Crippen LogP contribution in [0.4, 0.5) is 0 Å². The van der Waals surface area contributed by atoms with Gasteiger partial charge < -0.3 is 4.84 Å². The van der Waals surface area contributed by atoms with Gasteiger partial charge >= 0.3 is 5.97 Å². The van der Waals surface area contributed by atoms with E-state index in [2.05, 4.69) is 4.85 Å². The highest BCUT2D eigenvalue weighted by atomic mass is 32.2.